The molecule has 0 saturated carbocycles. The van der Waals surface area contributed by atoms with Crippen molar-refractivity contribution in [1.29, 1.82) is 0 Å². The topological polar surface area (TPSA) is 51.5 Å². The zero-order valence-electron chi connectivity index (χ0n) is 12.0. The van der Waals surface area contributed by atoms with Crippen molar-refractivity contribution in [2.24, 2.45) is 0 Å². The van der Waals surface area contributed by atoms with Gasteiger partial charge >= 0.3 is 0 Å². The molecule has 0 aliphatic rings. The minimum atomic E-state index is 0.658. The van der Waals surface area contributed by atoms with Gasteiger partial charge in [-0.15, -0.1) is 10.2 Å². The van der Waals surface area contributed by atoms with Gasteiger partial charge in [-0.2, -0.15) is 0 Å². The van der Waals surface area contributed by atoms with Gasteiger partial charge < -0.3 is 10.1 Å². The highest BCUT2D eigenvalue weighted by atomic mass is 16.5. The second kappa shape index (κ2) is 6.37. The van der Waals surface area contributed by atoms with Crippen LogP contribution in [0.3, 0.4) is 0 Å². The first-order valence-electron chi connectivity index (χ1n) is 7.08. The number of ether oxygens (including phenoxy) is 1. The predicted molar refractivity (Wildman–Crippen MR) is 81.1 cm³/mol. The van der Waals surface area contributed by atoms with E-state index in [1.165, 1.54) is 0 Å². The molecule has 1 aromatic carbocycles. The quantitative estimate of drug-likeness (QED) is 0.754. The van der Waals surface area contributed by atoms with Gasteiger partial charge in [0, 0.05) is 18.3 Å². The number of hydrogen-bond donors (Lipinski definition) is 1. The molecule has 0 amide bonds. The van der Waals surface area contributed by atoms with Crippen LogP contribution in [-0.4, -0.2) is 21.2 Å². The summed E-state index contributed by atoms with van der Waals surface area (Å²) in [4.78, 5) is 0. The summed E-state index contributed by atoms with van der Waals surface area (Å²) in [5.74, 6) is 1.83. The highest BCUT2D eigenvalue weighted by Crippen LogP contribution is 2.17. The average Bonchev–Trinajstić information content (AvgIpc) is 2.93. The zero-order chi connectivity index (χ0) is 14.5. The van der Waals surface area contributed by atoms with Crippen LogP contribution in [0.25, 0.3) is 5.65 Å². The molecule has 0 unspecified atom stereocenters. The molecule has 0 bridgehead atoms. The van der Waals surface area contributed by atoms with Crippen LogP contribution in [0.15, 0.2) is 48.7 Å². The fourth-order valence-electron chi connectivity index (χ4n) is 2.27. The van der Waals surface area contributed by atoms with Gasteiger partial charge in [-0.05, 0) is 25.1 Å². The molecule has 0 radical (unpaired) electrons. The summed E-state index contributed by atoms with van der Waals surface area (Å²) < 4.78 is 7.61. The molecule has 0 aliphatic heterocycles. The van der Waals surface area contributed by atoms with Crippen molar-refractivity contribution in [3.63, 3.8) is 0 Å². The minimum Gasteiger partial charge on any atom is -0.494 e. The summed E-state index contributed by atoms with van der Waals surface area (Å²) in [5.41, 5.74) is 2.01. The number of hydrogen-bond acceptors (Lipinski definition) is 4. The number of pyridine rings is 1. The van der Waals surface area contributed by atoms with Crippen molar-refractivity contribution < 1.29 is 4.74 Å². The predicted octanol–water partition coefficient (Wildman–Crippen LogP) is 2.42. The summed E-state index contributed by atoms with van der Waals surface area (Å²) in [6.07, 6.45) is 1.97. The van der Waals surface area contributed by atoms with Gasteiger partial charge in [0.25, 0.3) is 0 Å². The molecule has 0 saturated heterocycles. The molecule has 108 valence electrons. The van der Waals surface area contributed by atoms with E-state index in [9.17, 15) is 0 Å². The molecule has 0 atom stereocenters. The highest BCUT2D eigenvalue weighted by molar-refractivity contribution is 5.37. The number of aromatic nitrogens is 3. The van der Waals surface area contributed by atoms with Crippen LogP contribution in [0.5, 0.6) is 5.75 Å². The second-order valence-corrected chi connectivity index (χ2v) is 4.69. The van der Waals surface area contributed by atoms with Crippen molar-refractivity contribution >= 4 is 5.65 Å². The summed E-state index contributed by atoms with van der Waals surface area (Å²) in [7, 11) is 0. The molecule has 3 aromatic rings. The Balaban J connectivity index is 1.66. The Morgan fingerprint density at radius 3 is 2.81 bits per heavy atom. The lowest BCUT2D eigenvalue weighted by atomic mass is 10.2. The van der Waals surface area contributed by atoms with Crippen LogP contribution in [-0.2, 0) is 13.1 Å². The Morgan fingerprint density at radius 2 is 1.90 bits per heavy atom. The molecule has 2 heterocycles. The number of nitrogens with one attached hydrogen (secondary N) is 1. The molecule has 5 nitrogen and oxygen atoms in total. The average molecular weight is 282 g/mol. The van der Waals surface area contributed by atoms with Crippen LogP contribution >= 0.6 is 0 Å². The standard InChI is InChI=1S/C16H18N4O/c1-2-21-14-8-4-3-7-13(14)11-17-12-16-19-18-15-9-5-6-10-20(15)16/h3-10,17H,2,11-12H2,1H3. The molecular weight excluding hydrogens is 264 g/mol. The first kappa shape index (κ1) is 13.6. The number of fused-ring (bicyclic) bond motifs is 1. The largest absolute Gasteiger partial charge is 0.494 e. The van der Waals surface area contributed by atoms with Crippen molar-refractivity contribution in [2.45, 2.75) is 20.0 Å². The summed E-state index contributed by atoms with van der Waals surface area (Å²) in [6.45, 7) is 4.06. The number of benzene rings is 1. The number of para-hydroxylation sites is 1. The van der Waals surface area contributed by atoms with E-state index in [0.29, 0.717) is 13.2 Å². The summed E-state index contributed by atoms with van der Waals surface area (Å²) in [6, 6.07) is 13.9. The maximum atomic E-state index is 5.62. The van der Waals surface area contributed by atoms with Gasteiger partial charge in [0.1, 0.15) is 5.75 Å². The molecule has 0 fully saturated rings. The maximum absolute atomic E-state index is 5.62. The second-order valence-electron chi connectivity index (χ2n) is 4.69. The molecule has 0 spiro atoms. The van der Waals surface area contributed by atoms with Gasteiger partial charge in [0.2, 0.25) is 0 Å². The third-order valence-electron chi connectivity index (χ3n) is 3.26. The van der Waals surface area contributed by atoms with Gasteiger partial charge in [-0.3, -0.25) is 4.40 Å². The zero-order valence-corrected chi connectivity index (χ0v) is 12.0. The normalized spacial score (nSPS) is 10.9. The SMILES string of the molecule is CCOc1ccccc1CNCc1nnc2ccccn12. The lowest BCUT2D eigenvalue weighted by molar-refractivity contribution is 0.335. The van der Waals surface area contributed by atoms with E-state index in [-0.39, 0.29) is 0 Å². The van der Waals surface area contributed by atoms with Crippen LogP contribution in [0, 0.1) is 0 Å². The van der Waals surface area contributed by atoms with E-state index in [1.807, 2.05) is 53.9 Å². The number of rotatable bonds is 6. The molecule has 21 heavy (non-hydrogen) atoms. The molecule has 3 rings (SSSR count). The van der Waals surface area contributed by atoms with Crippen LogP contribution < -0.4 is 10.1 Å². The first-order valence-corrected chi connectivity index (χ1v) is 7.08. The fourth-order valence-corrected chi connectivity index (χ4v) is 2.27. The maximum Gasteiger partial charge on any atom is 0.160 e. The third kappa shape index (κ3) is 3.03. The molecule has 2 aromatic heterocycles. The number of nitrogens with zero attached hydrogens (tertiary/aromatic N) is 3. The summed E-state index contributed by atoms with van der Waals surface area (Å²) in [5, 5.41) is 11.7. The Bertz CT molecular complexity index is 723. The van der Waals surface area contributed by atoms with Crippen molar-refractivity contribution in [3.05, 3.63) is 60.0 Å². The smallest absolute Gasteiger partial charge is 0.160 e. The van der Waals surface area contributed by atoms with Gasteiger partial charge in [0.05, 0.1) is 13.2 Å². The first-order chi connectivity index (χ1) is 10.4. The van der Waals surface area contributed by atoms with E-state index in [0.717, 1.165) is 29.3 Å². The highest BCUT2D eigenvalue weighted by Gasteiger charge is 2.05. The molecule has 1 N–H and O–H groups in total. The van der Waals surface area contributed by atoms with Crippen molar-refractivity contribution in [2.75, 3.05) is 6.61 Å². The van der Waals surface area contributed by atoms with Gasteiger partial charge in [-0.25, -0.2) is 0 Å². The molecular formula is C16H18N4O. The monoisotopic (exact) mass is 282 g/mol. The Morgan fingerprint density at radius 1 is 1.05 bits per heavy atom. The van der Waals surface area contributed by atoms with Crippen molar-refractivity contribution in [3.8, 4) is 5.75 Å². The lowest BCUT2D eigenvalue weighted by Gasteiger charge is -2.10. The van der Waals surface area contributed by atoms with Crippen LogP contribution in [0.1, 0.15) is 18.3 Å². The van der Waals surface area contributed by atoms with E-state index >= 15 is 0 Å². The Hall–Kier alpha value is -2.40. The van der Waals surface area contributed by atoms with Crippen LogP contribution in [0.2, 0.25) is 0 Å². The summed E-state index contributed by atoms with van der Waals surface area (Å²) >= 11 is 0. The van der Waals surface area contributed by atoms with E-state index < -0.39 is 0 Å². The minimum absolute atomic E-state index is 0.658. The van der Waals surface area contributed by atoms with E-state index in [1.54, 1.807) is 0 Å². The van der Waals surface area contributed by atoms with E-state index in [2.05, 4.69) is 21.6 Å². The molecule has 0 aliphatic carbocycles. The third-order valence-corrected chi connectivity index (χ3v) is 3.26. The van der Waals surface area contributed by atoms with Crippen molar-refractivity contribution in [1.82, 2.24) is 19.9 Å². The van der Waals surface area contributed by atoms with Gasteiger partial charge in [-0.1, -0.05) is 24.3 Å². The lowest BCUT2D eigenvalue weighted by Crippen LogP contribution is -2.15. The fraction of sp³-hybridized carbons (Fsp3) is 0.250. The van der Waals surface area contributed by atoms with Crippen LogP contribution in [0.4, 0.5) is 0 Å². The Kier molecular flexibility index (Phi) is 4.12. The Labute approximate surface area is 123 Å². The molecule has 5 heteroatoms. The van der Waals surface area contributed by atoms with Gasteiger partial charge in [0.15, 0.2) is 11.5 Å². The van der Waals surface area contributed by atoms with E-state index in [4.69, 9.17) is 4.74 Å².